The van der Waals surface area contributed by atoms with E-state index in [0.29, 0.717) is 5.56 Å². The van der Waals surface area contributed by atoms with Crippen LogP contribution in [-0.2, 0) is 9.53 Å². The van der Waals surface area contributed by atoms with Crippen molar-refractivity contribution in [1.29, 1.82) is 0 Å². The fourth-order valence-corrected chi connectivity index (χ4v) is 1.62. The molecular formula is C12H13BrO3. The van der Waals surface area contributed by atoms with Crippen molar-refractivity contribution in [3.63, 3.8) is 0 Å². The van der Waals surface area contributed by atoms with Crippen molar-refractivity contribution in [2.24, 2.45) is 0 Å². The standard InChI is InChI=1S/C12H13BrO3/c1-4-16-12(15)11(14)9-5-7(2)10(13)8(3)6-9/h5-6H,4H2,1-3H3. The second-order valence-electron chi connectivity index (χ2n) is 3.47. The molecule has 0 heterocycles. The fourth-order valence-electron chi connectivity index (χ4n) is 1.39. The largest absolute Gasteiger partial charge is 0.460 e. The van der Waals surface area contributed by atoms with E-state index in [1.54, 1.807) is 19.1 Å². The highest BCUT2D eigenvalue weighted by Crippen LogP contribution is 2.22. The Hall–Kier alpha value is -1.16. The molecule has 0 saturated heterocycles. The average molecular weight is 285 g/mol. The first-order valence-corrected chi connectivity index (χ1v) is 5.74. The number of Topliss-reactive ketones (excluding diaryl/α,β-unsaturated/α-hetero) is 1. The molecule has 0 bridgehead atoms. The molecule has 1 aromatic carbocycles. The van der Waals surface area contributed by atoms with Crippen molar-refractivity contribution in [3.8, 4) is 0 Å². The quantitative estimate of drug-likeness (QED) is 0.487. The maximum Gasteiger partial charge on any atom is 0.379 e. The van der Waals surface area contributed by atoms with Gasteiger partial charge in [-0.15, -0.1) is 0 Å². The van der Waals surface area contributed by atoms with Crippen molar-refractivity contribution in [2.75, 3.05) is 6.61 Å². The number of ketones is 1. The number of carbonyl (C=O) groups excluding carboxylic acids is 2. The molecule has 86 valence electrons. The summed E-state index contributed by atoms with van der Waals surface area (Å²) >= 11 is 3.40. The van der Waals surface area contributed by atoms with Gasteiger partial charge in [-0.05, 0) is 44.0 Å². The van der Waals surface area contributed by atoms with Crippen molar-refractivity contribution in [3.05, 3.63) is 33.3 Å². The molecule has 0 saturated carbocycles. The molecule has 0 unspecified atom stereocenters. The van der Waals surface area contributed by atoms with Gasteiger partial charge in [0.25, 0.3) is 5.78 Å². The molecule has 0 atom stereocenters. The van der Waals surface area contributed by atoms with Crippen molar-refractivity contribution >= 4 is 27.7 Å². The van der Waals surface area contributed by atoms with Gasteiger partial charge in [-0.2, -0.15) is 0 Å². The first-order valence-electron chi connectivity index (χ1n) is 4.95. The molecule has 0 aromatic heterocycles. The second-order valence-corrected chi connectivity index (χ2v) is 4.27. The normalized spacial score (nSPS) is 10.0. The van der Waals surface area contributed by atoms with Gasteiger partial charge < -0.3 is 4.74 Å². The van der Waals surface area contributed by atoms with Crippen LogP contribution in [0.5, 0.6) is 0 Å². The van der Waals surface area contributed by atoms with E-state index < -0.39 is 11.8 Å². The number of carbonyl (C=O) groups is 2. The van der Waals surface area contributed by atoms with E-state index in [0.717, 1.165) is 15.6 Å². The summed E-state index contributed by atoms with van der Waals surface area (Å²) in [7, 11) is 0. The molecule has 16 heavy (non-hydrogen) atoms. The summed E-state index contributed by atoms with van der Waals surface area (Å²) in [5.41, 5.74) is 2.22. The molecule has 0 aliphatic heterocycles. The molecule has 0 fully saturated rings. The Morgan fingerprint density at radius 1 is 1.25 bits per heavy atom. The number of hydrogen-bond acceptors (Lipinski definition) is 3. The fraction of sp³-hybridized carbons (Fsp3) is 0.333. The van der Waals surface area contributed by atoms with Gasteiger partial charge in [-0.25, -0.2) is 4.79 Å². The van der Waals surface area contributed by atoms with E-state index in [9.17, 15) is 9.59 Å². The summed E-state index contributed by atoms with van der Waals surface area (Å²) in [6.07, 6.45) is 0. The van der Waals surface area contributed by atoms with Crippen LogP contribution in [0.4, 0.5) is 0 Å². The Bertz CT molecular complexity index is 415. The van der Waals surface area contributed by atoms with Gasteiger partial charge in [-0.3, -0.25) is 4.79 Å². The minimum Gasteiger partial charge on any atom is -0.460 e. The number of hydrogen-bond donors (Lipinski definition) is 0. The molecular weight excluding hydrogens is 272 g/mol. The SMILES string of the molecule is CCOC(=O)C(=O)c1cc(C)c(Br)c(C)c1. The summed E-state index contributed by atoms with van der Waals surface area (Å²) in [4.78, 5) is 22.9. The average Bonchev–Trinajstić information content (AvgIpc) is 2.24. The molecule has 4 heteroatoms. The van der Waals surface area contributed by atoms with Crippen LogP contribution in [0.3, 0.4) is 0 Å². The molecule has 0 aliphatic rings. The van der Waals surface area contributed by atoms with Crippen LogP contribution in [0.1, 0.15) is 28.4 Å². The molecule has 0 radical (unpaired) electrons. The maximum absolute atomic E-state index is 11.7. The number of rotatable bonds is 3. The van der Waals surface area contributed by atoms with E-state index in [1.807, 2.05) is 13.8 Å². The van der Waals surface area contributed by atoms with Gasteiger partial charge in [0.2, 0.25) is 0 Å². The van der Waals surface area contributed by atoms with Crippen molar-refractivity contribution in [2.45, 2.75) is 20.8 Å². The number of esters is 1. The van der Waals surface area contributed by atoms with E-state index in [1.165, 1.54) is 0 Å². The highest BCUT2D eigenvalue weighted by molar-refractivity contribution is 9.10. The second kappa shape index (κ2) is 5.25. The van der Waals surface area contributed by atoms with Gasteiger partial charge in [0.05, 0.1) is 6.61 Å². The Morgan fingerprint density at radius 3 is 2.19 bits per heavy atom. The van der Waals surface area contributed by atoms with Crippen LogP contribution in [0.15, 0.2) is 16.6 Å². The third kappa shape index (κ3) is 2.70. The van der Waals surface area contributed by atoms with E-state index in [-0.39, 0.29) is 6.61 Å². The lowest BCUT2D eigenvalue weighted by molar-refractivity contribution is -0.137. The maximum atomic E-state index is 11.7. The van der Waals surface area contributed by atoms with Crippen LogP contribution in [0.2, 0.25) is 0 Å². The highest BCUT2D eigenvalue weighted by Gasteiger charge is 2.18. The predicted molar refractivity (Wildman–Crippen MR) is 64.6 cm³/mol. The van der Waals surface area contributed by atoms with Crippen LogP contribution in [0.25, 0.3) is 0 Å². The molecule has 3 nitrogen and oxygen atoms in total. The van der Waals surface area contributed by atoms with Crippen LogP contribution in [-0.4, -0.2) is 18.4 Å². The van der Waals surface area contributed by atoms with Gasteiger partial charge in [0.15, 0.2) is 0 Å². The van der Waals surface area contributed by atoms with Crippen molar-refractivity contribution in [1.82, 2.24) is 0 Å². The highest BCUT2D eigenvalue weighted by atomic mass is 79.9. The number of aryl methyl sites for hydroxylation is 2. The first-order chi connectivity index (χ1) is 7.47. The minimum absolute atomic E-state index is 0.207. The minimum atomic E-state index is -0.802. The zero-order chi connectivity index (χ0) is 12.3. The van der Waals surface area contributed by atoms with Crippen LogP contribution in [0, 0.1) is 13.8 Å². The van der Waals surface area contributed by atoms with Crippen molar-refractivity contribution < 1.29 is 14.3 Å². The third-order valence-electron chi connectivity index (χ3n) is 2.16. The van der Waals surface area contributed by atoms with Gasteiger partial charge in [0, 0.05) is 10.0 Å². The monoisotopic (exact) mass is 284 g/mol. The molecule has 1 aromatic rings. The lowest BCUT2D eigenvalue weighted by Crippen LogP contribution is -2.17. The Kier molecular flexibility index (Phi) is 4.24. The zero-order valence-corrected chi connectivity index (χ0v) is 11.1. The van der Waals surface area contributed by atoms with E-state index in [4.69, 9.17) is 0 Å². The predicted octanol–water partition coefficient (Wildman–Crippen LogP) is 2.81. The van der Waals surface area contributed by atoms with E-state index >= 15 is 0 Å². The molecule has 0 N–H and O–H groups in total. The van der Waals surface area contributed by atoms with Gasteiger partial charge >= 0.3 is 5.97 Å². The third-order valence-corrected chi connectivity index (χ3v) is 3.41. The summed E-state index contributed by atoms with van der Waals surface area (Å²) in [6, 6.07) is 3.35. The summed E-state index contributed by atoms with van der Waals surface area (Å²) in [5.74, 6) is -1.40. The first kappa shape index (κ1) is 12.9. The van der Waals surface area contributed by atoms with Crippen LogP contribution < -0.4 is 0 Å². The molecule has 0 amide bonds. The lowest BCUT2D eigenvalue weighted by Gasteiger charge is -2.06. The molecule has 1 rings (SSSR count). The van der Waals surface area contributed by atoms with Gasteiger partial charge in [0.1, 0.15) is 0 Å². The van der Waals surface area contributed by atoms with Crippen LogP contribution >= 0.6 is 15.9 Å². The molecule has 0 aliphatic carbocycles. The Morgan fingerprint density at radius 2 is 1.75 bits per heavy atom. The summed E-state index contributed by atoms with van der Waals surface area (Å²) < 4.78 is 5.62. The molecule has 0 spiro atoms. The zero-order valence-electron chi connectivity index (χ0n) is 9.46. The number of benzene rings is 1. The lowest BCUT2D eigenvalue weighted by atomic mass is 10.0. The summed E-state index contributed by atoms with van der Waals surface area (Å²) in [5, 5.41) is 0. The number of halogens is 1. The van der Waals surface area contributed by atoms with Gasteiger partial charge in [-0.1, -0.05) is 15.9 Å². The number of ether oxygens (including phenoxy) is 1. The topological polar surface area (TPSA) is 43.4 Å². The Labute approximate surface area is 103 Å². The Balaban J connectivity index is 3.06. The summed E-state index contributed by atoms with van der Waals surface area (Å²) in [6.45, 7) is 5.63. The smallest absolute Gasteiger partial charge is 0.379 e. The van der Waals surface area contributed by atoms with E-state index in [2.05, 4.69) is 20.7 Å².